The molecular weight excluding hydrogens is 308 g/mol. The molecule has 6 nitrogen and oxygen atoms in total. The highest BCUT2D eigenvalue weighted by molar-refractivity contribution is 9.10. The molecule has 0 atom stereocenters. The van der Waals surface area contributed by atoms with E-state index >= 15 is 0 Å². The van der Waals surface area contributed by atoms with Crippen LogP contribution in [0.15, 0.2) is 10.8 Å². The average molecular weight is 327 g/mol. The van der Waals surface area contributed by atoms with Crippen LogP contribution in [0, 0.1) is 0 Å². The molecule has 0 radical (unpaired) electrons. The van der Waals surface area contributed by atoms with E-state index < -0.39 is 0 Å². The lowest BCUT2D eigenvalue weighted by molar-refractivity contribution is 0.601. The third-order valence-corrected chi connectivity index (χ3v) is 3.85. The number of aryl methyl sites for hydroxylation is 2. The van der Waals surface area contributed by atoms with Gasteiger partial charge in [0.1, 0.15) is 6.33 Å². The van der Waals surface area contributed by atoms with Crippen molar-refractivity contribution in [3.8, 4) is 0 Å². The van der Waals surface area contributed by atoms with Gasteiger partial charge in [0.25, 0.3) is 0 Å². The molecule has 0 amide bonds. The normalized spacial score (nSPS) is 11.2. The molecule has 1 N–H and O–H groups in total. The van der Waals surface area contributed by atoms with Gasteiger partial charge in [0.15, 0.2) is 5.82 Å². The molecular formula is C12H19BrN6. The van der Waals surface area contributed by atoms with Crippen molar-refractivity contribution in [2.75, 3.05) is 6.54 Å². The van der Waals surface area contributed by atoms with Crippen molar-refractivity contribution in [1.29, 1.82) is 0 Å². The molecule has 0 unspecified atom stereocenters. The molecule has 0 fully saturated rings. The average Bonchev–Trinajstić information content (AvgIpc) is 2.96. The van der Waals surface area contributed by atoms with Crippen LogP contribution in [0.5, 0.6) is 0 Å². The van der Waals surface area contributed by atoms with Crippen LogP contribution in [-0.4, -0.2) is 31.1 Å². The van der Waals surface area contributed by atoms with Crippen molar-refractivity contribution in [2.45, 2.75) is 33.4 Å². The van der Waals surface area contributed by atoms with Crippen molar-refractivity contribution < 1.29 is 0 Å². The molecule has 2 aromatic heterocycles. The molecule has 0 aliphatic carbocycles. The van der Waals surface area contributed by atoms with Gasteiger partial charge in [-0.15, -0.1) is 0 Å². The van der Waals surface area contributed by atoms with Gasteiger partial charge in [0, 0.05) is 7.05 Å². The van der Waals surface area contributed by atoms with Crippen LogP contribution in [0.3, 0.4) is 0 Å². The maximum absolute atomic E-state index is 4.48. The SMILES string of the molecule is CCNCc1ncn(Cc2c(Br)c(CC)nn2C)n1. The summed E-state index contributed by atoms with van der Waals surface area (Å²) < 4.78 is 4.81. The van der Waals surface area contributed by atoms with Gasteiger partial charge < -0.3 is 5.32 Å². The van der Waals surface area contributed by atoms with Crippen molar-refractivity contribution in [3.05, 3.63) is 28.0 Å². The van der Waals surface area contributed by atoms with Crippen LogP contribution in [0.4, 0.5) is 0 Å². The maximum atomic E-state index is 4.48. The predicted octanol–water partition coefficient (Wildman–Crippen LogP) is 1.49. The van der Waals surface area contributed by atoms with Gasteiger partial charge in [-0.25, -0.2) is 9.67 Å². The Labute approximate surface area is 121 Å². The zero-order valence-corrected chi connectivity index (χ0v) is 13.1. The highest BCUT2D eigenvalue weighted by Gasteiger charge is 2.13. The number of hydrogen-bond acceptors (Lipinski definition) is 4. The Balaban J connectivity index is 2.12. The van der Waals surface area contributed by atoms with Crippen LogP contribution >= 0.6 is 15.9 Å². The Bertz CT molecular complexity index is 544. The van der Waals surface area contributed by atoms with E-state index in [2.05, 4.69) is 50.3 Å². The summed E-state index contributed by atoms with van der Waals surface area (Å²) in [6.07, 6.45) is 2.68. The number of nitrogens with zero attached hydrogens (tertiary/aromatic N) is 5. The van der Waals surface area contributed by atoms with Gasteiger partial charge >= 0.3 is 0 Å². The number of halogens is 1. The van der Waals surface area contributed by atoms with E-state index in [4.69, 9.17) is 0 Å². The minimum atomic E-state index is 0.670. The third kappa shape index (κ3) is 3.22. The molecule has 0 spiro atoms. The minimum Gasteiger partial charge on any atom is -0.310 e. The van der Waals surface area contributed by atoms with Crippen LogP contribution in [0.2, 0.25) is 0 Å². The summed E-state index contributed by atoms with van der Waals surface area (Å²) in [5, 5.41) is 12.1. The van der Waals surface area contributed by atoms with Crippen LogP contribution in [-0.2, 0) is 26.6 Å². The first-order chi connectivity index (χ1) is 9.15. The fourth-order valence-electron chi connectivity index (χ4n) is 1.87. The Morgan fingerprint density at radius 3 is 2.74 bits per heavy atom. The zero-order chi connectivity index (χ0) is 13.8. The molecule has 104 valence electrons. The molecule has 0 aliphatic heterocycles. The molecule has 2 rings (SSSR count). The second-order valence-corrected chi connectivity index (χ2v) is 5.12. The second-order valence-electron chi connectivity index (χ2n) is 4.32. The summed E-state index contributed by atoms with van der Waals surface area (Å²) in [5.41, 5.74) is 2.18. The van der Waals surface area contributed by atoms with E-state index in [1.54, 1.807) is 6.33 Å². The van der Waals surface area contributed by atoms with Gasteiger partial charge in [-0.2, -0.15) is 10.2 Å². The molecule has 2 heterocycles. The first kappa shape index (κ1) is 14.2. The highest BCUT2D eigenvalue weighted by Crippen LogP contribution is 2.22. The fraction of sp³-hybridized carbons (Fsp3) is 0.583. The summed E-state index contributed by atoms with van der Waals surface area (Å²) in [4.78, 5) is 4.28. The number of aromatic nitrogens is 5. The van der Waals surface area contributed by atoms with Crippen LogP contribution in [0.25, 0.3) is 0 Å². The van der Waals surface area contributed by atoms with Crippen LogP contribution in [0.1, 0.15) is 31.1 Å². The molecule has 0 saturated heterocycles. The van der Waals surface area contributed by atoms with E-state index in [1.165, 1.54) is 0 Å². The van der Waals surface area contributed by atoms with Crippen molar-refractivity contribution in [2.24, 2.45) is 7.05 Å². The molecule has 0 aromatic carbocycles. The molecule has 7 heteroatoms. The molecule has 0 saturated carbocycles. The van der Waals surface area contributed by atoms with Crippen LogP contribution < -0.4 is 5.32 Å². The van der Waals surface area contributed by atoms with Gasteiger partial charge in [-0.1, -0.05) is 13.8 Å². The van der Waals surface area contributed by atoms with E-state index in [1.807, 2.05) is 16.4 Å². The summed E-state index contributed by atoms with van der Waals surface area (Å²) in [7, 11) is 1.95. The zero-order valence-electron chi connectivity index (χ0n) is 11.5. The lowest BCUT2D eigenvalue weighted by Crippen LogP contribution is -2.13. The Morgan fingerprint density at radius 2 is 2.11 bits per heavy atom. The maximum Gasteiger partial charge on any atom is 0.164 e. The molecule has 0 aliphatic rings. The van der Waals surface area contributed by atoms with Crippen molar-refractivity contribution >= 4 is 15.9 Å². The Morgan fingerprint density at radius 1 is 1.32 bits per heavy atom. The number of nitrogens with one attached hydrogen (secondary N) is 1. The predicted molar refractivity (Wildman–Crippen MR) is 76.8 cm³/mol. The van der Waals surface area contributed by atoms with E-state index in [9.17, 15) is 0 Å². The summed E-state index contributed by atoms with van der Waals surface area (Å²) >= 11 is 3.61. The van der Waals surface area contributed by atoms with Crippen molar-refractivity contribution in [1.82, 2.24) is 29.9 Å². The highest BCUT2D eigenvalue weighted by atomic mass is 79.9. The fourth-order valence-corrected chi connectivity index (χ4v) is 2.61. The van der Waals surface area contributed by atoms with Gasteiger partial charge in [-0.3, -0.25) is 4.68 Å². The monoisotopic (exact) mass is 326 g/mol. The van der Waals surface area contributed by atoms with Gasteiger partial charge in [0.2, 0.25) is 0 Å². The Hall–Kier alpha value is -1.21. The van der Waals surface area contributed by atoms with E-state index in [0.29, 0.717) is 13.1 Å². The topological polar surface area (TPSA) is 60.6 Å². The first-order valence-corrected chi connectivity index (χ1v) is 7.24. The quantitative estimate of drug-likeness (QED) is 0.873. The smallest absolute Gasteiger partial charge is 0.164 e. The van der Waals surface area contributed by atoms with E-state index in [0.717, 1.165) is 34.7 Å². The first-order valence-electron chi connectivity index (χ1n) is 6.45. The summed E-state index contributed by atoms with van der Waals surface area (Å²) in [6, 6.07) is 0. The summed E-state index contributed by atoms with van der Waals surface area (Å²) in [5.74, 6) is 0.816. The third-order valence-electron chi connectivity index (χ3n) is 2.93. The lowest BCUT2D eigenvalue weighted by atomic mass is 10.3. The number of rotatable bonds is 6. The largest absolute Gasteiger partial charge is 0.310 e. The molecule has 2 aromatic rings. The second kappa shape index (κ2) is 6.29. The standard InChI is InChI=1S/C12H19BrN6/c1-4-9-12(13)10(18(3)16-9)7-19-8-15-11(17-19)6-14-5-2/h8,14H,4-7H2,1-3H3. The molecule has 19 heavy (non-hydrogen) atoms. The number of hydrogen-bond donors (Lipinski definition) is 1. The lowest BCUT2D eigenvalue weighted by Gasteiger charge is -2.02. The summed E-state index contributed by atoms with van der Waals surface area (Å²) in [6.45, 7) is 6.46. The van der Waals surface area contributed by atoms with Gasteiger partial charge in [0.05, 0.1) is 29.0 Å². The minimum absolute atomic E-state index is 0.670. The van der Waals surface area contributed by atoms with Crippen molar-refractivity contribution in [3.63, 3.8) is 0 Å². The molecule has 0 bridgehead atoms. The van der Waals surface area contributed by atoms with Gasteiger partial charge in [-0.05, 0) is 28.9 Å². The van der Waals surface area contributed by atoms with E-state index in [-0.39, 0.29) is 0 Å². The Kier molecular flexibility index (Phi) is 4.71.